The second-order valence-electron chi connectivity index (χ2n) is 9.45. The summed E-state index contributed by atoms with van der Waals surface area (Å²) in [7, 11) is 0. The van der Waals surface area contributed by atoms with E-state index >= 15 is 0 Å². The maximum atomic E-state index is 13.9. The normalized spacial score (nSPS) is 26.1. The van der Waals surface area contributed by atoms with Gasteiger partial charge in [-0.05, 0) is 42.5 Å². The maximum absolute atomic E-state index is 13.9. The minimum absolute atomic E-state index is 0.160. The third-order valence-electron chi connectivity index (χ3n) is 7.25. The third-order valence-corrected chi connectivity index (χ3v) is 7.25. The standard InChI is InChI=1S/C27H29NO4/c1-4-5-14-20(27(31)32-15(2)3)28-25(29)23-21-16-10-6-7-11-17(16)22(24(23)26(28)30)19-13-9-8-12-18(19)21/h6-13,15,20-24H,4-5,14H2,1-3H3/t20-,21?,22?,23-,24-/m0/s1. The van der Waals surface area contributed by atoms with Crippen molar-refractivity contribution < 1.29 is 19.1 Å². The summed E-state index contributed by atoms with van der Waals surface area (Å²) < 4.78 is 5.48. The molecular weight excluding hydrogens is 402 g/mol. The number of likely N-dealkylation sites (tertiary alicyclic amines) is 1. The van der Waals surface area contributed by atoms with E-state index in [0.717, 1.165) is 35.1 Å². The first-order chi connectivity index (χ1) is 15.5. The number of ether oxygens (including phenoxy) is 1. The van der Waals surface area contributed by atoms with Gasteiger partial charge in [0.05, 0.1) is 17.9 Å². The SMILES string of the molecule is CCCC[C@@H](C(=O)OC(C)C)N1C(=O)[C@H]2C3c4ccccc4C(c4ccccc43)[C@@H]2C1=O. The Morgan fingerprint density at radius 2 is 1.31 bits per heavy atom. The Morgan fingerprint density at radius 3 is 1.69 bits per heavy atom. The van der Waals surface area contributed by atoms with Crippen LogP contribution in [0.2, 0.25) is 0 Å². The number of carbonyl (C=O) groups is 3. The molecule has 1 heterocycles. The Hall–Kier alpha value is -2.95. The zero-order valence-electron chi connectivity index (χ0n) is 18.8. The van der Waals surface area contributed by atoms with Crippen molar-refractivity contribution in [3.05, 3.63) is 70.8 Å². The second-order valence-corrected chi connectivity index (χ2v) is 9.45. The monoisotopic (exact) mass is 431 g/mol. The molecule has 6 rings (SSSR count). The molecule has 2 aromatic carbocycles. The van der Waals surface area contributed by atoms with Crippen LogP contribution in [0.15, 0.2) is 48.5 Å². The van der Waals surface area contributed by atoms with Crippen molar-refractivity contribution >= 4 is 17.8 Å². The number of esters is 1. The van der Waals surface area contributed by atoms with E-state index in [9.17, 15) is 14.4 Å². The fourth-order valence-electron chi connectivity index (χ4n) is 6.07. The minimum atomic E-state index is -0.853. The van der Waals surface area contributed by atoms with Crippen molar-refractivity contribution in [1.29, 1.82) is 0 Å². The molecular formula is C27H29NO4. The average molecular weight is 432 g/mol. The van der Waals surface area contributed by atoms with Crippen LogP contribution >= 0.6 is 0 Å². The summed E-state index contributed by atoms with van der Waals surface area (Å²) in [6.45, 7) is 5.61. The Kier molecular flexibility index (Phi) is 5.15. The Morgan fingerprint density at radius 1 is 0.875 bits per heavy atom. The number of hydrogen-bond acceptors (Lipinski definition) is 4. The van der Waals surface area contributed by atoms with E-state index in [0.29, 0.717) is 6.42 Å². The van der Waals surface area contributed by atoms with Crippen molar-refractivity contribution in [3.8, 4) is 0 Å². The quantitative estimate of drug-likeness (QED) is 0.503. The van der Waals surface area contributed by atoms with Crippen LogP contribution in [0.25, 0.3) is 0 Å². The van der Waals surface area contributed by atoms with Crippen molar-refractivity contribution in [1.82, 2.24) is 4.90 Å². The summed E-state index contributed by atoms with van der Waals surface area (Å²) in [5.74, 6) is -2.17. The average Bonchev–Trinajstić information content (AvgIpc) is 3.05. The lowest BCUT2D eigenvalue weighted by Crippen LogP contribution is -2.47. The van der Waals surface area contributed by atoms with E-state index in [4.69, 9.17) is 4.74 Å². The molecule has 1 aliphatic heterocycles. The lowest BCUT2D eigenvalue weighted by atomic mass is 9.55. The van der Waals surface area contributed by atoms with E-state index < -0.39 is 23.8 Å². The number of amides is 2. The van der Waals surface area contributed by atoms with Gasteiger partial charge in [-0.15, -0.1) is 0 Å². The van der Waals surface area contributed by atoms with Gasteiger partial charge in [0, 0.05) is 11.8 Å². The number of carbonyl (C=O) groups excluding carboxylic acids is 3. The van der Waals surface area contributed by atoms with Crippen molar-refractivity contribution in [2.24, 2.45) is 11.8 Å². The molecule has 1 fully saturated rings. The second kappa shape index (κ2) is 7.88. The van der Waals surface area contributed by atoms with Gasteiger partial charge in [0.25, 0.3) is 0 Å². The van der Waals surface area contributed by atoms with Crippen molar-refractivity contribution in [2.75, 3.05) is 0 Å². The molecule has 3 aliphatic carbocycles. The van der Waals surface area contributed by atoms with Gasteiger partial charge in [-0.3, -0.25) is 14.5 Å². The summed E-state index contributed by atoms with van der Waals surface area (Å²) in [5.41, 5.74) is 4.54. The van der Waals surface area contributed by atoms with E-state index in [2.05, 4.69) is 24.3 Å². The molecule has 1 saturated heterocycles. The molecule has 2 aromatic rings. The van der Waals surface area contributed by atoms with E-state index in [1.54, 1.807) is 13.8 Å². The number of hydrogen-bond donors (Lipinski definition) is 0. The first kappa shape index (κ1) is 20.9. The first-order valence-corrected chi connectivity index (χ1v) is 11.7. The van der Waals surface area contributed by atoms with Crippen LogP contribution in [0.4, 0.5) is 0 Å². The van der Waals surface area contributed by atoms with Crippen LogP contribution in [-0.2, 0) is 19.1 Å². The van der Waals surface area contributed by atoms with E-state index in [1.165, 1.54) is 4.90 Å². The summed E-state index contributed by atoms with van der Waals surface area (Å²) in [6, 6.07) is 15.5. The zero-order chi connectivity index (χ0) is 22.6. The minimum Gasteiger partial charge on any atom is -0.461 e. The first-order valence-electron chi connectivity index (χ1n) is 11.7. The molecule has 166 valence electrons. The summed E-state index contributed by atoms with van der Waals surface area (Å²) in [6.07, 6.45) is 1.76. The summed E-state index contributed by atoms with van der Waals surface area (Å²) >= 11 is 0. The molecule has 0 aromatic heterocycles. The van der Waals surface area contributed by atoms with Gasteiger partial charge in [0.2, 0.25) is 11.8 Å². The largest absolute Gasteiger partial charge is 0.461 e. The van der Waals surface area contributed by atoms with Crippen LogP contribution < -0.4 is 0 Å². The van der Waals surface area contributed by atoms with Gasteiger partial charge < -0.3 is 4.74 Å². The lowest BCUT2D eigenvalue weighted by Gasteiger charge is -2.45. The smallest absolute Gasteiger partial charge is 0.329 e. The highest BCUT2D eigenvalue weighted by molar-refractivity contribution is 6.10. The summed E-state index contributed by atoms with van der Waals surface area (Å²) in [5, 5.41) is 0. The van der Waals surface area contributed by atoms with Gasteiger partial charge >= 0.3 is 5.97 Å². The fraction of sp³-hybridized carbons (Fsp3) is 0.444. The Bertz CT molecular complexity index is 975. The topological polar surface area (TPSA) is 63.7 Å². The van der Waals surface area contributed by atoms with Crippen LogP contribution in [0.3, 0.4) is 0 Å². The lowest BCUT2D eigenvalue weighted by molar-refractivity contribution is -0.162. The molecule has 0 saturated carbocycles. The Balaban J connectivity index is 1.60. The fourth-order valence-corrected chi connectivity index (χ4v) is 6.07. The highest BCUT2D eigenvalue weighted by Gasteiger charge is 2.63. The molecule has 2 bridgehead atoms. The molecule has 32 heavy (non-hydrogen) atoms. The van der Waals surface area contributed by atoms with Gasteiger partial charge in [0.15, 0.2) is 0 Å². The summed E-state index contributed by atoms with van der Waals surface area (Å²) in [4.78, 5) is 42.0. The number of unbranched alkanes of at least 4 members (excludes halogenated alkanes) is 1. The van der Waals surface area contributed by atoms with Crippen molar-refractivity contribution in [3.63, 3.8) is 0 Å². The van der Waals surface area contributed by atoms with Crippen molar-refractivity contribution in [2.45, 2.75) is 64.0 Å². The zero-order valence-corrected chi connectivity index (χ0v) is 18.8. The van der Waals surface area contributed by atoms with Crippen LogP contribution in [0.5, 0.6) is 0 Å². The number of imide groups is 1. The Labute approximate surface area is 188 Å². The predicted molar refractivity (Wildman–Crippen MR) is 120 cm³/mol. The third kappa shape index (κ3) is 2.94. The molecule has 0 radical (unpaired) electrons. The molecule has 0 unspecified atom stereocenters. The molecule has 5 nitrogen and oxygen atoms in total. The molecule has 5 heteroatoms. The molecule has 0 spiro atoms. The van der Waals surface area contributed by atoms with E-state index in [-0.39, 0.29) is 29.8 Å². The molecule has 4 aliphatic rings. The predicted octanol–water partition coefficient (Wildman–Crippen LogP) is 4.39. The number of nitrogens with zero attached hydrogens (tertiary/aromatic N) is 1. The highest BCUT2D eigenvalue weighted by atomic mass is 16.5. The molecule has 0 N–H and O–H groups in total. The van der Waals surface area contributed by atoms with Gasteiger partial charge in [-0.1, -0.05) is 68.3 Å². The number of rotatable bonds is 6. The highest BCUT2D eigenvalue weighted by Crippen LogP contribution is 2.61. The maximum Gasteiger partial charge on any atom is 0.329 e. The van der Waals surface area contributed by atoms with Gasteiger partial charge in [-0.25, -0.2) is 4.79 Å². The van der Waals surface area contributed by atoms with Crippen LogP contribution in [0.1, 0.15) is 74.1 Å². The van der Waals surface area contributed by atoms with Crippen LogP contribution in [0, 0.1) is 11.8 Å². The molecule has 2 amide bonds. The van der Waals surface area contributed by atoms with Gasteiger partial charge in [-0.2, -0.15) is 0 Å². The molecule has 3 atom stereocenters. The van der Waals surface area contributed by atoms with Crippen LogP contribution in [-0.4, -0.2) is 34.8 Å². The number of benzene rings is 2. The van der Waals surface area contributed by atoms with Gasteiger partial charge in [0.1, 0.15) is 6.04 Å². The van der Waals surface area contributed by atoms with E-state index in [1.807, 2.05) is 31.2 Å².